The molecule has 3 rings (SSSR count). The van der Waals surface area contributed by atoms with Crippen molar-refractivity contribution in [3.8, 4) is 0 Å². The molecule has 2 aromatic heterocycles. The molecule has 0 bridgehead atoms. The molecule has 108 valence electrons. The Morgan fingerprint density at radius 1 is 1.30 bits per heavy atom. The fourth-order valence-electron chi connectivity index (χ4n) is 2.99. The molecule has 0 saturated carbocycles. The van der Waals surface area contributed by atoms with Gasteiger partial charge in [-0.15, -0.1) is 0 Å². The first-order valence-corrected chi connectivity index (χ1v) is 7.56. The summed E-state index contributed by atoms with van der Waals surface area (Å²) in [5.41, 5.74) is 3.56. The van der Waals surface area contributed by atoms with Crippen LogP contribution in [-0.4, -0.2) is 35.1 Å². The lowest BCUT2D eigenvalue weighted by Gasteiger charge is -2.39. The van der Waals surface area contributed by atoms with Crippen molar-refractivity contribution in [3.05, 3.63) is 23.9 Å². The lowest BCUT2D eigenvalue weighted by Crippen LogP contribution is -2.55. The Labute approximate surface area is 120 Å². The molecular weight excluding hydrogens is 248 g/mol. The number of hydrogen-bond acceptors (Lipinski definition) is 3. The first-order chi connectivity index (χ1) is 9.58. The lowest BCUT2D eigenvalue weighted by molar-refractivity contribution is 0.402. The number of H-pyrrole nitrogens is 1. The van der Waals surface area contributed by atoms with E-state index in [0.717, 1.165) is 29.9 Å². The van der Waals surface area contributed by atoms with Gasteiger partial charge in [0.15, 0.2) is 0 Å². The van der Waals surface area contributed by atoms with Crippen molar-refractivity contribution in [3.63, 3.8) is 0 Å². The number of fused-ring (bicyclic) bond motifs is 1. The Bertz CT molecular complexity index is 602. The van der Waals surface area contributed by atoms with Gasteiger partial charge < -0.3 is 15.2 Å². The predicted octanol–water partition coefficient (Wildman–Crippen LogP) is 2.87. The minimum Gasteiger partial charge on any atom is -0.360 e. The minimum absolute atomic E-state index is 0.468. The molecule has 2 N–H and O–H groups in total. The zero-order valence-electron chi connectivity index (χ0n) is 12.8. The molecule has 0 spiro atoms. The number of nitrogens with one attached hydrogen (secondary N) is 2. The van der Waals surface area contributed by atoms with E-state index in [0.29, 0.717) is 18.0 Å². The molecule has 1 aliphatic rings. The molecule has 2 atom stereocenters. The topological polar surface area (TPSA) is 44.0 Å². The fraction of sp³-hybridized carbons (Fsp3) is 0.562. The van der Waals surface area contributed by atoms with Crippen LogP contribution in [0.4, 0.5) is 5.82 Å². The third-order valence-electron chi connectivity index (χ3n) is 4.49. The van der Waals surface area contributed by atoms with Crippen molar-refractivity contribution in [1.82, 2.24) is 15.3 Å². The highest BCUT2D eigenvalue weighted by atomic mass is 15.3. The smallest absolute Gasteiger partial charge is 0.129 e. The normalized spacial score (nSPS) is 23.8. The van der Waals surface area contributed by atoms with Gasteiger partial charge in [0.1, 0.15) is 5.82 Å². The summed E-state index contributed by atoms with van der Waals surface area (Å²) in [6, 6.07) is 5.26. The van der Waals surface area contributed by atoms with Gasteiger partial charge in [-0.05, 0) is 37.5 Å². The summed E-state index contributed by atoms with van der Waals surface area (Å²) >= 11 is 0. The fourth-order valence-corrected chi connectivity index (χ4v) is 2.99. The lowest BCUT2D eigenvalue weighted by atomic mass is 10.1. The molecule has 20 heavy (non-hydrogen) atoms. The van der Waals surface area contributed by atoms with Gasteiger partial charge in [-0.2, -0.15) is 0 Å². The van der Waals surface area contributed by atoms with Gasteiger partial charge in [0.2, 0.25) is 0 Å². The molecule has 1 fully saturated rings. The minimum atomic E-state index is 0.468. The molecule has 0 aromatic carbocycles. The number of piperazine rings is 1. The Kier molecular flexibility index (Phi) is 3.42. The van der Waals surface area contributed by atoms with E-state index in [1.54, 1.807) is 0 Å². The Hall–Kier alpha value is -1.55. The van der Waals surface area contributed by atoms with E-state index in [9.17, 15) is 0 Å². The third kappa shape index (κ3) is 2.18. The van der Waals surface area contributed by atoms with Crippen LogP contribution in [0.15, 0.2) is 18.3 Å². The van der Waals surface area contributed by atoms with Crippen molar-refractivity contribution < 1.29 is 0 Å². The highest BCUT2D eigenvalue weighted by molar-refractivity contribution is 5.81. The number of pyridine rings is 1. The average molecular weight is 272 g/mol. The highest BCUT2D eigenvalue weighted by Gasteiger charge is 2.25. The van der Waals surface area contributed by atoms with Gasteiger partial charge in [-0.1, -0.05) is 13.8 Å². The first kappa shape index (κ1) is 13.4. The van der Waals surface area contributed by atoms with Gasteiger partial charge in [0.25, 0.3) is 0 Å². The van der Waals surface area contributed by atoms with Crippen LogP contribution >= 0.6 is 0 Å². The van der Waals surface area contributed by atoms with E-state index >= 15 is 0 Å². The summed E-state index contributed by atoms with van der Waals surface area (Å²) in [5, 5.41) is 3.52. The number of anilines is 1. The zero-order valence-corrected chi connectivity index (χ0v) is 12.8. The summed E-state index contributed by atoms with van der Waals surface area (Å²) in [6.45, 7) is 11.0. The zero-order chi connectivity index (χ0) is 14.3. The van der Waals surface area contributed by atoms with Crippen LogP contribution in [0.5, 0.6) is 0 Å². The van der Waals surface area contributed by atoms with Crippen molar-refractivity contribution in [2.75, 3.05) is 18.0 Å². The van der Waals surface area contributed by atoms with Crippen LogP contribution in [0.2, 0.25) is 0 Å². The van der Waals surface area contributed by atoms with E-state index < -0.39 is 0 Å². The standard InChI is InChI=1S/C16H24N4/c1-10(2)13-9-18-14-5-6-15(19-16(13)14)20-8-7-17-11(3)12(20)4/h5-6,9-12,17-18H,7-8H2,1-4H3. The molecule has 0 aliphatic carbocycles. The quantitative estimate of drug-likeness (QED) is 0.883. The molecule has 2 unspecified atom stereocenters. The third-order valence-corrected chi connectivity index (χ3v) is 4.49. The van der Waals surface area contributed by atoms with Gasteiger partial charge in [0.05, 0.1) is 11.0 Å². The van der Waals surface area contributed by atoms with Crippen molar-refractivity contribution in [2.24, 2.45) is 0 Å². The molecule has 4 heteroatoms. The average Bonchev–Trinajstić information content (AvgIpc) is 2.85. The SMILES string of the molecule is CC(C)c1c[nH]c2ccc(N3CCNC(C)C3C)nc12. The number of aromatic nitrogens is 2. The van der Waals surface area contributed by atoms with Gasteiger partial charge >= 0.3 is 0 Å². The Morgan fingerprint density at radius 2 is 2.10 bits per heavy atom. The van der Waals surface area contributed by atoms with E-state index in [2.05, 4.69) is 61.2 Å². The molecule has 1 saturated heterocycles. The summed E-state index contributed by atoms with van der Waals surface area (Å²) in [5.74, 6) is 1.59. The van der Waals surface area contributed by atoms with Crippen molar-refractivity contribution in [1.29, 1.82) is 0 Å². The maximum Gasteiger partial charge on any atom is 0.129 e. The molecular formula is C16H24N4. The summed E-state index contributed by atoms with van der Waals surface area (Å²) in [4.78, 5) is 10.7. The predicted molar refractivity (Wildman–Crippen MR) is 84.5 cm³/mol. The molecule has 4 nitrogen and oxygen atoms in total. The molecule has 1 aliphatic heterocycles. The maximum atomic E-state index is 4.93. The molecule has 3 heterocycles. The summed E-state index contributed by atoms with van der Waals surface area (Å²) < 4.78 is 0. The van der Waals surface area contributed by atoms with E-state index in [1.165, 1.54) is 5.56 Å². The van der Waals surface area contributed by atoms with Crippen molar-refractivity contribution in [2.45, 2.75) is 45.7 Å². The van der Waals surface area contributed by atoms with Crippen LogP contribution in [0, 0.1) is 0 Å². The van der Waals surface area contributed by atoms with Crippen LogP contribution in [0.25, 0.3) is 11.0 Å². The summed E-state index contributed by atoms with van der Waals surface area (Å²) in [7, 11) is 0. The van der Waals surface area contributed by atoms with Crippen molar-refractivity contribution >= 4 is 16.9 Å². The first-order valence-electron chi connectivity index (χ1n) is 7.56. The number of nitrogens with zero attached hydrogens (tertiary/aromatic N) is 2. The second kappa shape index (κ2) is 5.09. The summed E-state index contributed by atoms with van der Waals surface area (Å²) in [6.07, 6.45) is 2.09. The Balaban J connectivity index is 2.01. The van der Waals surface area contributed by atoms with Crippen LogP contribution in [-0.2, 0) is 0 Å². The van der Waals surface area contributed by atoms with Gasteiger partial charge in [-0.25, -0.2) is 4.98 Å². The maximum absolute atomic E-state index is 4.93. The number of rotatable bonds is 2. The van der Waals surface area contributed by atoms with E-state index in [-0.39, 0.29) is 0 Å². The van der Waals surface area contributed by atoms with E-state index in [1.807, 2.05) is 0 Å². The molecule has 0 amide bonds. The van der Waals surface area contributed by atoms with Crippen LogP contribution < -0.4 is 10.2 Å². The van der Waals surface area contributed by atoms with E-state index in [4.69, 9.17) is 4.98 Å². The Morgan fingerprint density at radius 3 is 2.85 bits per heavy atom. The second-order valence-corrected chi connectivity index (χ2v) is 6.14. The number of hydrogen-bond donors (Lipinski definition) is 2. The number of aromatic amines is 1. The largest absolute Gasteiger partial charge is 0.360 e. The molecule has 0 radical (unpaired) electrons. The van der Waals surface area contributed by atoms with Gasteiger partial charge in [0, 0.05) is 31.4 Å². The highest BCUT2D eigenvalue weighted by Crippen LogP contribution is 2.27. The van der Waals surface area contributed by atoms with Gasteiger partial charge in [-0.3, -0.25) is 0 Å². The van der Waals surface area contributed by atoms with Crippen LogP contribution in [0.3, 0.4) is 0 Å². The molecule has 2 aromatic rings. The monoisotopic (exact) mass is 272 g/mol. The van der Waals surface area contributed by atoms with Crippen LogP contribution in [0.1, 0.15) is 39.2 Å². The second-order valence-electron chi connectivity index (χ2n) is 6.14.